The van der Waals surface area contributed by atoms with E-state index in [-0.39, 0.29) is 36.5 Å². The Hall–Kier alpha value is -2.61. The first-order chi connectivity index (χ1) is 14.9. The van der Waals surface area contributed by atoms with Gasteiger partial charge in [0.05, 0.1) is 21.6 Å². The highest BCUT2D eigenvalue weighted by Gasteiger charge is 2.38. The van der Waals surface area contributed by atoms with Gasteiger partial charge in [0.25, 0.3) is 0 Å². The molecule has 0 aromatic heterocycles. The Morgan fingerprint density at radius 3 is 1.61 bits per heavy atom. The number of rotatable bonds is 7. The summed E-state index contributed by atoms with van der Waals surface area (Å²) in [7, 11) is -4.91. The van der Waals surface area contributed by atoms with Gasteiger partial charge >= 0.3 is 18.5 Å². The highest BCUT2D eigenvalue weighted by atomic mass is 32.2. The van der Waals surface area contributed by atoms with Crippen LogP contribution in [0, 0.1) is 5.92 Å². The monoisotopic (exact) mass is 507 g/mol. The molecule has 0 fully saturated rings. The van der Waals surface area contributed by atoms with Gasteiger partial charge in [0.15, 0.2) is 0 Å². The molecule has 1 N–H and O–H groups in total. The molecule has 0 aliphatic heterocycles. The van der Waals surface area contributed by atoms with E-state index in [1.807, 2.05) is 0 Å². The Morgan fingerprint density at radius 1 is 0.758 bits per heavy atom. The molecule has 0 saturated heterocycles. The maximum absolute atomic E-state index is 12.9. The van der Waals surface area contributed by atoms with E-state index in [1.54, 1.807) is 4.72 Å². The van der Waals surface area contributed by atoms with Crippen molar-refractivity contribution >= 4 is 16.3 Å². The average Bonchev–Trinajstić information content (AvgIpc) is 2.69. The van der Waals surface area contributed by atoms with Gasteiger partial charge in [0.1, 0.15) is 6.29 Å². The van der Waals surface area contributed by atoms with Crippen LogP contribution in [0.15, 0.2) is 47.4 Å². The molecular formula is C19H14F9NO3S. The predicted molar refractivity (Wildman–Crippen MR) is 96.3 cm³/mol. The number of carbonyl (C=O) groups is 1. The Bertz CT molecular complexity index is 1060. The van der Waals surface area contributed by atoms with Crippen LogP contribution in [0.2, 0.25) is 0 Å². The molecule has 0 heterocycles. The van der Waals surface area contributed by atoms with Crippen molar-refractivity contribution in [2.24, 2.45) is 5.92 Å². The molecule has 0 aliphatic rings. The summed E-state index contributed by atoms with van der Waals surface area (Å²) in [5.41, 5.74) is -4.42. The quantitative estimate of drug-likeness (QED) is 0.420. The van der Waals surface area contributed by atoms with Gasteiger partial charge < -0.3 is 4.79 Å². The van der Waals surface area contributed by atoms with Crippen LogP contribution in [0.1, 0.15) is 22.3 Å². The number of halogens is 9. The Labute approximate surface area is 181 Å². The van der Waals surface area contributed by atoms with E-state index < -0.39 is 62.6 Å². The first kappa shape index (κ1) is 26.6. The lowest BCUT2D eigenvalue weighted by molar-refractivity contribution is -0.143. The van der Waals surface area contributed by atoms with Gasteiger partial charge in [-0.05, 0) is 42.3 Å². The zero-order valence-corrected chi connectivity index (χ0v) is 17.0. The summed E-state index contributed by atoms with van der Waals surface area (Å²) in [6, 6.07) is 3.38. The summed E-state index contributed by atoms with van der Waals surface area (Å²) in [5.74, 6) is -1.16. The highest BCUT2D eigenvalue weighted by molar-refractivity contribution is 7.89. The molecule has 4 nitrogen and oxygen atoms in total. The fourth-order valence-electron chi connectivity index (χ4n) is 2.68. The summed E-state index contributed by atoms with van der Waals surface area (Å²) in [6.07, 6.45) is -15.1. The molecule has 14 heteroatoms. The van der Waals surface area contributed by atoms with E-state index in [4.69, 9.17) is 0 Å². The second-order valence-electron chi connectivity index (χ2n) is 6.89. The Morgan fingerprint density at radius 2 is 1.21 bits per heavy atom. The van der Waals surface area contributed by atoms with Crippen molar-refractivity contribution in [1.82, 2.24) is 4.72 Å². The second-order valence-corrected chi connectivity index (χ2v) is 8.66. The first-order valence-corrected chi connectivity index (χ1v) is 10.3. The molecule has 0 spiro atoms. The van der Waals surface area contributed by atoms with Crippen molar-refractivity contribution in [3.63, 3.8) is 0 Å². The summed E-state index contributed by atoms with van der Waals surface area (Å²) in [5, 5.41) is 0. The minimum Gasteiger partial charge on any atom is -0.303 e. The average molecular weight is 507 g/mol. The largest absolute Gasteiger partial charge is 0.416 e. The van der Waals surface area contributed by atoms with Crippen molar-refractivity contribution in [1.29, 1.82) is 0 Å². The van der Waals surface area contributed by atoms with E-state index in [2.05, 4.69) is 0 Å². The fraction of sp³-hybridized carbons (Fsp3) is 0.316. The van der Waals surface area contributed by atoms with Crippen LogP contribution in [0.4, 0.5) is 39.5 Å². The lowest BCUT2D eigenvalue weighted by Crippen LogP contribution is -2.31. The molecule has 2 rings (SSSR count). The van der Waals surface area contributed by atoms with Gasteiger partial charge in [-0.2, -0.15) is 39.5 Å². The van der Waals surface area contributed by atoms with Crippen LogP contribution in [0.3, 0.4) is 0 Å². The van der Waals surface area contributed by atoms with Crippen LogP contribution in [-0.2, 0) is 39.8 Å². The molecule has 0 saturated carbocycles. The number of alkyl halides is 9. The molecular weight excluding hydrogens is 493 g/mol. The lowest BCUT2D eigenvalue weighted by Gasteiger charge is -2.16. The third-order valence-corrected chi connectivity index (χ3v) is 5.78. The van der Waals surface area contributed by atoms with E-state index in [0.29, 0.717) is 0 Å². The maximum Gasteiger partial charge on any atom is 0.416 e. The number of sulfonamides is 1. The van der Waals surface area contributed by atoms with Crippen LogP contribution >= 0.6 is 0 Å². The normalized spacial score (nSPS) is 14.2. The molecule has 2 aromatic rings. The molecule has 0 aliphatic carbocycles. The molecule has 182 valence electrons. The van der Waals surface area contributed by atoms with Crippen LogP contribution in [0.5, 0.6) is 0 Å². The van der Waals surface area contributed by atoms with Gasteiger partial charge in [0, 0.05) is 12.5 Å². The number of hydrogen-bond acceptors (Lipinski definition) is 3. The Balaban J connectivity index is 2.23. The molecule has 0 bridgehead atoms. The van der Waals surface area contributed by atoms with Gasteiger partial charge in [-0.15, -0.1) is 0 Å². The van der Waals surface area contributed by atoms with Gasteiger partial charge in [-0.25, -0.2) is 13.1 Å². The van der Waals surface area contributed by atoms with Gasteiger partial charge in [-0.3, -0.25) is 0 Å². The topological polar surface area (TPSA) is 63.2 Å². The number of hydrogen-bond donors (Lipinski definition) is 1. The van der Waals surface area contributed by atoms with E-state index >= 15 is 0 Å². The van der Waals surface area contributed by atoms with Gasteiger partial charge in [0.2, 0.25) is 10.0 Å². The number of aldehydes is 1. The third-order valence-electron chi connectivity index (χ3n) is 4.38. The summed E-state index contributed by atoms with van der Waals surface area (Å²) in [6.45, 7) is -0.718. The number of carbonyl (C=O) groups excluding carboxylic acids is 1. The van der Waals surface area contributed by atoms with E-state index in [0.717, 1.165) is 24.3 Å². The molecule has 0 amide bonds. The van der Waals surface area contributed by atoms with Gasteiger partial charge in [-0.1, -0.05) is 12.1 Å². The standard InChI is InChI=1S/C19H14F9NO3S/c20-17(21,22)13-3-1-11(2-4-13)5-12(10-30)9-29-33(31,32)16-7-14(18(23,24)25)6-15(8-16)19(26,27)28/h1-4,6-8,10,12,29H,5,9H2. The van der Waals surface area contributed by atoms with E-state index in [9.17, 15) is 52.7 Å². The smallest absolute Gasteiger partial charge is 0.303 e. The Kier molecular flexibility index (Phi) is 7.53. The van der Waals surface area contributed by atoms with Crippen molar-refractivity contribution in [3.8, 4) is 0 Å². The maximum atomic E-state index is 12.9. The van der Waals surface area contributed by atoms with Crippen molar-refractivity contribution < 1.29 is 52.7 Å². The van der Waals surface area contributed by atoms with Crippen LogP contribution < -0.4 is 4.72 Å². The number of benzene rings is 2. The molecule has 33 heavy (non-hydrogen) atoms. The summed E-state index contributed by atoms with van der Waals surface area (Å²) in [4.78, 5) is 9.93. The zero-order valence-electron chi connectivity index (χ0n) is 16.1. The first-order valence-electron chi connectivity index (χ1n) is 8.84. The van der Waals surface area contributed by atoms with Crippen molar-refractivity contribution in [2.75, 3.05) is 6.54 Å². The minimum absolute atomic E-state index is 0.0172. The molecule has 1 atom stereocenters. The van der Waals surface area contributed by atoms with Crippen molar-refractivity contribution in [3.05, 3.63) is 64.7 Å². The third kappa shape index (κ3) is 7.19. The van der Waals surface area contributed by atoms with E-state index in [1.165, 1.54) is 0 Å². The second kappa shape index (κ2) is 9.33. The SMILES string of the molecule is O=CC(CNS(=O)(=O)c1cc(C(F)(F)F)cc(C(F)(F)F)c1)Cc1ccc(C(F)(F)F)cc1. The summed E-state index contributed by atoms with van der Waals surface area (Å²) >= 11 is 0. The van der Waals surface area contributed by atoms with Crippen molar-refractivity contribution in [2.45, 2.75) is 29.8 Å². The fourth-order valence-corrected chi connectivity index (χ4v) is 3.85. The minimum atomic E-state index is -5.26. The molecule has 2 aromatic carbocycles. The number of nitrogens with one attached hydrogen (secondary N) is 1. The summed E-state index contributed by atoms with van der Waals surface area (Å²) < 4.78 is 142. The van der Waals surface area contributed by atoms with Crippen LogP contribution in [0.25, 0.3) is 0 Å². The highest BCUT2D eigenvalue weighted by Crippen LogP contribution is 2.37. The zero-order chi connectivity index (χ0) is 25.2. The lowest BCUT2D eigenvalue weighted by atomic mass is 10.00. The predicted octanol–water partition coefficient (Wildman–Crippen LogP) is 5.08. The molecule has 1 unspecified atom stereocenters. The molecule has 0 radical (unpaired) electrons. The van der Waals surface area contributed by atoms with Crippen LogP contribution in [-0.4, -0.2) is 21.2 Å².